The molecule has 0 rings (SSSR count). The van der Waals surface area contributed by atoms with Crippen molar-refractivity contribution in [2.24, 2.45) is 0 Å². The molecule has 0 saturated carbocycles. The Morgan fingerprint density at radius 2 is 0.788 bits per heavy atom. The molecule has 0 aliphatic carbocycles. The van der Waals surface area contributed by atoms with Crippen LogP contribution in [0.4, 0.5) is 4.79 Å². The molecule has 0 radical (unpaired) electrons. The van der Waals surface area contributed by atoms with Crippen molar-refractivity contribution < 1.29 is 67.0 Å². The zero-order chi connectivity index (χ0) is 39.9. The van der Waals surface area contributed by atoms with Crippen LogP contribution in [0, 0.1) is 0 Å². The van der Waals surface area contributed by atoms with Crippen LogP contribution in [0.3, 0.4) is 0 Å². The first kappa shape index (κ1) is 46.0. The predicted molar refractivity (Wildman–Crippen MR) is 175 cm³/mol. The lowest BCUT2D eigenvalue weighted by Gasteiger charge is -2.22. The minimum absolute atomic E-state index is 0.322. The smallest absolute Gasteiger partial charge is 0.408 e. The van der Waals surface area contributed by atoms with E-state index in [1.54, 1.807) is 27.7 Å². The van der Waals surface area contributed by atoms with Gasteiger partial charge >= 0.3 is 18.0 Å². The molecule has 0 unspecified atom stereocenters. The first-order valence-corrected chi connectivity index (χ1v) is 15.6. The molecule has 0 aliphatic heterocycles. The number of hydrogen-bond donors (Lipinski definition) is 7. The maximum absolute atomic E-state index is 12.7. The topological polar surface area (TPSA) is 306 Å². The average molecular weight is 746 g/mol. The van der Waals surface area contributed by atoms with E-state index in [1.165, 1.54) is 0 Å². The number of alkyl carbamates (subject to hydrolysis) is 1. The Labute approximate surface area is 298 Å². The second-order valence-electron chi connectivity index (χ2n) is 11.3. The zero-order valence-electron chi connectivity index (χ0n) is 29.9. The van der Waals surface area contributed by atoms with Crippen molar-refractivity contribution in [3.05, 3.63) is 0 Å². The largest absolute Gasteiger partial charge is 0.468 e. The molecule has 0 atom stereocenters. The highest BCUT2D eigenvalue weighted by molar-refractivity contribution is 5.94. The molecule has 23 heteroatoms. The van der Waals surface area contributed by atoms with Crippen LogP contribution in [-0.4, -0.2) is 167 Å². The Kier molecular flexibility index (Phi) is 21.4. The van der Waals surface area contributed by atoms with Crippen molar-refractivity contribution in [1.82, 2.24) is 47.0 Å². The average Bonchev–Trinajstić information content (AvgIpc) is 3.07. The molecule has 0 aromatic heterocycles. The van der Waals surface area contributed by atoms with Gasteiger partial charge in [0.1, 0.15) is 38.3 Å². The summed E-state index contributed by atoms with van der Waals surface area (Å²) in [6, 6.07) is 0. The third-order valence-electron chi connectivity index (χ3n) is 5.85. The van der Waals surface area contributed by atoms with Gasteiger partial charge in [0.15, 0.2) is 0 Å². The number of amides is 9. The summed E-state index contributed by atoms with van der Waals surface area (Å²) in [6.07, 6.45) is -0.873. The number of rotatable bonds is 21. The molecule has 0 aromatic carbocycles. The van der Waals surface area contributed by atoms with Gasteiger partial charge in [-0.25, -0.2) is 4.79 Å². The van der Waals surface area contributed by atoms with Crippen LogP contribution >= 0.6 is 0 Å². The molecular weight excluding hydrogens is 698 g/mol. The van der Waals surface area contributed by atoms with Crippen molar-refractivity contribution in [2.45, 2.75) is 33.3 Å². The highest BCUT2D eigenvalue weighted by Crippen LogP contribution is 2.06. The van der Waals surface area contributed by atoms with Gasteiger partial charge in [-0.1, -0.05) is 0 Å². The van der Waals surface area contributed by atoms with E-state index in [-0.39, 0.29) is 6.54 Å². The summed E-state index contributed by atoms with van der Waals surface area (Å²) in [5, 5.41) is 15.7. The van der Waals surface area contributed by atoms with E-state index in [0.29, 0.717) is 6.54 Å². The maximum atomic E-state index is 12.7. The maximum Gasteiger partial charge on any atom is 0.408 e. The fourth-order valence-electron chi connectivity index (χ4n) is 3.39. The third-order valence-corrected chi connectivity index (χ3v) is 5.85. The molecule has 7 N–H and O–H groups in total. The molecule has 0 aromatic rings. The van der Waals surface area contributed by atoms with Gasteiger partial charge in [0, 0.05) is 6.54 Å². The normalized spacial score (nSPS) is 10.3. The Hall–Kier alpha value is -6.03. The lowest BCUT2D eigenvalue weighted by molar-refractivity contribution is -0.148. The van der Waals surface area contributed by atoms with Gasteiger partial charge in [0.2, 0.25) is 47.3 Å². The molecule has 292 valence electrons. The van der Waals surface area contributed by atoms with Crippen molar-refractivity contribution >= 4 is 65.3 Å². The first-order valence-electron chi connectivity index (χ1n) is 15.6. The molecule has 23 nitrogen and oxygen atoms in total. The first-order chi connectivity index (χ1) is 24.3. The lowest BCUT2D eigenvalue weighted by Crippen LogP contribution is -2.50. The van der Waals surface area contributed by atoms with Gasteiger partial charge in [-0.05, 0) is 27.7 Å². The Morgan fingerprint density at radius 3 is 1.13 bits per heavy atom. The minimum Gasteiger partial charge on any atom is -0.468 e. The van der Waals surface area contributed by atoms with E-state index in [2.05, 4.69) is 46.7 Å². The van der Waals surface area contributed by atoms with Gasteiger partial charge in [0.05, 0.1) is 46.9 Å². The fourth-order valence-corrected chi connectivity index (χ4v) is 3.39. The quantitative estimate of drug-likeness (QED) is 0.0426. The molecule has 0 bridgehead atoms. The van der Waals surface area contributed by atoms with Gasteiger partial charge in [-0.2, -0.15) is 0 Å². The van der Waals surface area contributed by atoms with Crippen molar-refractivity contribution in [3.8, 4) is 0 Å². The number of likely N-dealkylation sites (N-methyl/N-ethyl adjacent to an activating group) is 1. The second-order valence-corrected chi connectivity index (χ2v) is 11.3. The number of methoxy groups -OCH3 is 2. The van der Waals surface area contributed by atoms with Crippen molar-refractivity contribution in [2.75, 3.05) is 86.2 Å². The number of hydrogen-bond acceptors (Lipinski definition) is 14. The van der Waals surface area contributed by atoms with Crippen LogP contribution in [0.5, 0.6) is 0 Å². The summed E-state index contributed by atoms with van der Waals surface area (Å²) in [4.78, 5) is 135. The molecule has 0 fully saturated rings. The molecule has 0 heterocycles. The van der Waals surface area contributed by atoms with Crippen LogP contribution in [0.15, 0.2) is 0 Å². The minimum atomic E-state index is -0.921. The van der Waals surface area contributed by atoms with Crippen LogP contribution in [0.1, 0.15) is 27.7 Å². The molecule has 52 heavy (non-hydrogen) atoms. The van der Waals surface area contributed by atoms with E-state index in [9.17, 15) is 52.7 Å². The summed E-state index contributed by atoms with van der Waals surface area (Å²) < 4.78 is 14.0. The zero-order valence-corrected chi connectivity index (χ0v) is 29.9. The summed E-state index contributed by atoms with van der Waals surface area (Å²) in [6.45, 7) is 0.531. The molecular formula is C29H47N9O14. The van der Waals surface area contributed by atoms with Crippen LogP contribution in [-0.2, 0) is 62.2 Å². The highest BCUT2D eigenvalue weighted by Gasteiger charge is 2.24. The number of esters is 2. The monoisotopic (exact) mass is 745 g/mol. The number of nitrogens with one attached hydrogen (secondary N) is 7. The fraction of sp³-hybridized carbons (Fsp3) is 0.621. The van der Waals surface area contributed by atoms with E-state index in [4.69, 9.17) is 4.74 Å². The van der Waals surface area contributed by atoms with E-state index in [0.717, 1.165) is 24.0 Å². The van der Waals surface area contributed by atoms with E-state index < -0.39 is 130 Å². The van der Waals surface area contributed by atoms with Gasteiger partial charge in [-0.15, -0.1) is 0 Å². The number of carbonyl (C=O) groups excluding carboxylic acids is 11. The predicted octanol–water partition coefficient (Wildman–Crippen LogP) is -5.77. The van der Waals surface area contributed by atoms with Gasteiger partial charge in [0.25, 0.3) is 0 Å². The second kappa shape index (κ2) is 24.2. The van der Waals surface area contributed by atoms with E-state index in [1.807, 2.05) is 0 Å². The number of ether oxygens (including phenoxy) is 3. The van der Waals surface area contributed by atoms with Crippen molar-refractivity contribution in [3.63, 3.8) is 0 Å². The number of nitrogens with zero attached hydrogens (tertiary/aromatic N) is 2. The van der Waals surface area contributed by atoms with Gasteiger partial charge in [-0.3, -0.25) is 47.9 Å². The molecule has 9 amide bonds. The standard InChI is InChI=1S/C29H47N9O14/c1-7-30-18(39)8-31-19(40)9-32-22(43)14-37(16-26(47)50-5)24(45)12-34-20(41)10-33-23(44)15-38(17-27(48)51-6)25(46)13-35-21(42)11-36-28(49)52-29(2,3)4/h7-17H2,1-6H3,(H,30,39)(H,31,40)(H,32,43)(H,33,44)(H,34,41)(H,35,42)(H,36,49). The molecule has 0 saturated heterocycles. The Balaban J connectivity index is 4.99. The summed E-state index contributed by atoms with van der Waals surface area (Å²) in [7, 11) is 2.08. The third kappa shape index (κ3) is 22.6. The molecule has 0 aliphatic rings. The van der Waals surface area contributed by atoms with Crippen molar-refractivity contribution in [1.29, 1.82) is 0 Å². The SMILES string of the molecule is CCNC(=O)CNC(=O)CNC(=O)CN(CC(=O)OC)C(=O)CNC(=O)CNC(=O)CN(CC(=O)OC)C(=O)CNC(=O)CNC(=O)OC(C)(C)C. The Morgan fingerprint density at radius 1 is 0.462 bits per heavy atom. The highest BCUT2D eigenvalue weighted by atomic mass is 16.6. The van der Waals surface area contributed by atoms with Crippen LogP contribution in [0.2, 0.25) is 0 Å². The summed E-state index contributed by atoms with van der Waals surface area (Å²) in [5.41, 5.74) is -0.809. The van der Waals surface area contributed by atoms with Crippen LogP contribution in [0.25, 0.3) is 0 Å². The van der Waals surface area contributed by atoms with E-state index >= 15 is 0 Å². The number of carbonyl (C=O) groups is 11. The summed E-state index contributed by atoms with van der Waals surface area (Å²) >= 11 is 0. The summed E-state index contributed by atoms with van der Waals surface area (Å²) in [5.74, 6) is -8.21. The molecule has 0 spiro atoms. The van der Waals surface area contributed by atoms with Crippen LogP contribution < -0.4 is 37.2 Å². The Bertz CT molecular complexity index is 1330. The van der Waals surface area contributed by atoms with Gasteiger partial charge < -0.3 is 61.2 Å². The lowest BCUT2D eigenvalue weighted by atomic mass is 10.2.